The second-order valence-corrected chi connectivity index (χ2v) is 3.63. The van der Waals surface area contributed by atoms with Crippen molar-refractivity contribution >= 4 is 22.0 Å². The van der Waals surface area contributed by atoms with Crippen molar-refractivity contribution in [1.82, 2.24) is 0 Å². The maximum atomic E-state index is 9.44. The maximum Gasteiger partial charge on any atom is 0.123 e. The molecule has 0 amide bonds. The number of aliphatic hydroxyl groups excluding tert-OH is 1. The predicted molar refractivity (Wildman–Crippen MR) is 56.5 cm³/mol. The summed E-state index contributed by atoms with van der Waals surface area (Å²) in [6.07, 6.45) is 2.79. The molecule has 1 aromatic rings. The highest BCUT2D eigenvalue weighted by atomic mass is 79.9. The van der Waals surface area contributed by atoms with Gasteiger partial charge in [-0.25, -0.2) is 0 Å². The van der Waals surface area contributed by atoms with Crippen LogP contribution in [0.15, 0.2) is 28.7 Å². The molecule has 0 aliphatic rings. The molecule has 0 aromatic heterocycles. The lowest BCUT2D eigenvalue weighted by Crippen LogP contribution is -1.91. The lowest BCUT2D eigenvalue weighted by atomic mass is 10.2. The van der Waals surface area contributed by atoms with E-state index in [9.17, 15) is 5.11 Å². The Kier molecular flexibility index (Phi) is 3.51. The van der Waals surface area contributed by atoms with E-state index in [2.05, 4.69) is 15.9 Å². The van der Waals surface area contributed by atoms with E-state index in [1.54, 1.807) is 31.2 Å². The molecule has 0 saturated carbocycles. The van der Waals surface area contributed by atoms with E-state index in [1.807, 2.05) is 6.07 Å². The van der Waals surface area contributed by atoms with Crippen molar-refractivity contribution in [1.29, 1.82) is 0 Å². The Morgan fingerprint density at radius 3 is 2.69 bits per heavy atom. The van der Waals surface area contributed by atoms with E-state index < -0.39 is 6.10 Å². The van der Waals surface area contributed by atoms with Crippen LogP contribution in [0, 0.1) is 0 Å². The van der Waals surface area contributed by atoms with Gasteiger partial charge in [-0.15, -0.1) is 0 Å². The molecule has 0 unspecified atom stereocenters. The highest BCUT2D eigenvalue weighted by Gasteiger charge is 2.01. The van der Waals surface area contributed by atoms with Crippen molar-refractivity contribution in [2.75, 3.05) is 0 Å². The molecule has 0 aliphatic carbocycles. The van der Waals surface area contributed by atoms with Crippen molar-refractivity contribution < 1.29 is 10.2 Å². The fourth-order valence-corrected chi connectivity index (χ4v) is 1.41. The highest BCUT2D eigenvalue weighted by molar-refractivity contribution is 9.10. The molecule has 1 rings (SSSR count). The highest BCUT2D eigenvalue weighted by Crippen LogP contribution is 2.26. The molecule has 0 heterocycles. The molecule has 0 spiro atoms. The molecular formula is C10H11BrO2. The van der Waals surface area contributed by atoms with Crippen molar-refractivity contribution in [3.8, 4) is 5.75 Å². The number of rotatable bonds is 2. The largest absolute Gasteiger partial charge is 0.507 e. The summed E-state index contributed by atoms with van der Waals surface area (Å²) in [5.41, 5.74) is 0.684. The van der Waals surface area contributed by atoms with Crippen LogP contribution in [0.2, 0.25) is 0 Å². The van der Waals surface area contributed by atoms with Crippen LogP contribution < -0.4 is 0 Å². The van der Waals surface area contributed by atoms with Gasteiger partial charge in [0.05, 0.1) is 6.10 Å². The fourth-order valence-electron chi connectivity index (χ4n) is 0.926. The fraction of sp³-hybridized carbons (Fsp3) is 0.200. The summed E-state index contributed by atoms with van der Waals surface area (Å²) in [6.45, 7) is 1.66. The molecule has 0 saturated heterocycles. The summed E-state index contributed by atoms with van der Waals surface area (Å²) in [6, 6.07) is 5.19. The first-order valence-electron chi connectivity index (χ1n) is 3.95. The van der Waals surface area contributed by atoms with Crippen molar-refractivity contribution in [2.45, 2.75) is 13.0 Å². The van der Waals surface area contributed by atoms with Crippen LogP contribution in [0.1, 0.15) is 12.5 Å². The Labute approximate surface area is 85.7 Å². The molecular weight excluding hydrogens is 232 g/mol. The van der Waals surface area contributed by atoms with Gasteiger partial charge in [-0.3, -0.25) is 0 Å². The number of phenols is 1. The van der Waals surface area contributed by atoms with E-state index in [-0.39, 0.29) is 5.75 Å². The quantitative estimate of drug-likeness (QED) is 0.837. The maximum absolute atomic E-state index is 9.44. The lowest BCUT2D eigenvalue weighted by Gasteiger charge is -2.01. The van der Waals surface area contributed by atoms with E-state index in [4.69, 9.17) is 5.11 Å². The average molecular weight is 243 g/mol. The first-order chi connectivity index (χ1) is 6.11. The van der Waals surface area contributed by atoms with Crippen LogP contribution >= 0.6 is 15.9 Å². The Balaban J connectivity index is 3.00. The first-order valence-corrected chi connectivity index (χ1v) is 4.74. The Morgan fingerprint density at radius 1 is 1.46 bits per heavy atom. The van der Waals surface area contributed by atoms with Gasteiger partial charge in [-0.2, -0.15) is 0 Å². The monoisotopic (exact) mass is 242 g/mol. The minimum absolute atomic E-state index is 0.200. The Morgan fingerprint density at radius 2 is 2.15 bits per heavy atom. The number of halogens is 1. The second-order valence-electron chi connectivity index (χ2n) is 2.77. The number of aromatic hydroxyl groups is 1. The van der Waals surface area contributed by atoms with E-state index in [1.165, 1.54) is 0 Å². The molecule has 70 valence electrons. The molecule has 0 aliphatic heterocycles. The van der Waals surface area contributed by atoms with Gasteiger partial charge < -0.3 is 10.2 Å². The van der Waals surface area contributed by atoms with Gasteiger partial charge >= 0.3 is 0 Å². The minimum atomic E-state index is -0.508. The molecule has 0 fully saturated rings. The van der Waals surface area contributed by atoms with Crippen molar-refractivity contribution in [2.24, 2.45) is 0 Å². The zero-order valence-electron chi connectivity index (χ0n) is 7.24. The molecule has 1 atom stereocenters. The van der Waals surface area contributed by atoms with E-state index in [0.29, 0.717) is 5.56 Å². The third-order valence-corrected chi connectivity index (χ3v) is 2.26. The average Bonchev–Trinajstić information content (AvgIpc) is 2.03. The molecule has 2 nitrogen and oxygen atoms in total. The van der Waals surface area contributed by atoms with Gasteiger partial charge in [0.2, 0.25) is 0 Å². The first kappa shape index (κ1) is 10.3. The van der Waals surface area contributed by atoms with Crippen molar-refractivity contribution in [3.63, 3.8) is 0 Å². The summed E-state index contributed by atoms with van der Waals surface area (Å²) >= 11 is 3.30. The summed E-state index contributed by atoms with van der Waals surface area (Å²) < 4.78 is 0.810. The summed E-state index contributed by atoms with van der Waals surface area (Å²) in [5, 5.41) is 18.5. The third kappa shape index (κ3) is 2.86. The van der Waals surface area contributed by atoms with E-state index >= 15 is 0 Å². The third-order valence-electron chi connectivity index (χ3n) is 1.57. The zero-order valence-corrected chi connectivity index (χ0v) is 8.82. The molecule has 2 N–H and O–H groups in total. The molecule has 13 heavy (non-hydrogen) atoms. The Hall–Kier alpha value is -0.800. The van der Waals surface area contributed by atoms with Gasteiger partial charge in [0.1, 0.15) is 5.75 Å². The smallest absolute Gasteiger partial charge is 0.123 e. The normalized spacial score (nSPS) is 13.5. The van der Waals surface area contributed by atoms with Crippen LogP contribution in [-0.2, 0) is 0 Å². The Bertz CT molecular complexity index is 298. The number of aliphatic hydroxyl groups is 1. The molecule has 1 aromatic carbocycles. The molecule has 0 radical (unpaired) electrons. The lowest BCUT2D eigenvalue weighted by molar-refractivity contribution is 0.245. The molecule has 3 heteroatoms. The second kappa shape index (κ2) is 4.44. The van der Waals surface area contributed by atoms with Crippen LogP contribution in [0.5, 0.6) is 5.75 Å². The topological polar surface area (TPSA) is 40.5 Å². The number of hydrogen-bond donors (Lipinski definition) is 2. The van der Waals surface area contributed by atoms with Gasteiger partial charge in [0.15, 0.2) is 0 Å². The standard InChI is InChI=1S/C10H11BrO2/c1-7(12)5-6-8-9(11)3-2-4-10(8)13/h2-7,12-13H,1H3/t7-/m0/s1. The van der Waals surface area contributed by atoms with Gasteiger partial charge in [-0.05, 0) is 19.1 Å². The summed E-state index contributed by atoms with van der Waals surface area (Å²) in [5.74, 6) is 0.200. The van der Waals surface area contributed by atoms with Gasteiger partial charge in [-0.1, -0.05) is 34.1 Å². The predicted octanol–water partition coefficient (Wildman–Crippen LogP) is 2.55. The number of benzene rings is 1. The SMILES string of the molecule is C[C@H](O)C=Cc1c(O)cccc1Br. The molecule has 0 bridgehead atoms. The summed E-state index contributed by atoms with van der Waals surface area (Å²) in [4.78, 5) is 0. The van der Waals surface area contributed by atoms with Crippen LogP contribution in [0.3, 0.4) is 0 Å². The van der Waals surface area contributed by atoms with Crippen LogP contribution in [0.25, 0.3) is 6.08 Å². The minimum Gasteiger partial charge on any atom is -0.507 e. The van der Waals surface area contributed by atoms with Gasteiger partial charge in [0.25, 0.3) is 0 Å². The summed E-state index contributed by atoms with van der Waals surface area (Å²) in [7, 11) is 0. The van der Waals surface area contributed by atoms with Crippen LogP contribution in [-0.4, -0.2) is 16.3 Å². The number of hydrogen-bond acceptors (Lipinski definition) is 2. The van der Waals surface area contributed by atoms with Crippen molar-refractivity contribution in [3.05, 3.63) is 34.3 Å². The zero-order chi connectivity index (χ0) is 9.84. The van der Waals surface area contributed by atoms with E-state index in [0.717, 1.165) is 4.47 Å². The van der Waals surface area contributed by atoms with Crippen LogP contribution in [0.4, 0.5) is 0 Å². The van der Waals surface area contributed by atoms with Gasteiger partial charge in [0, 0.05) is 10.0 Å². The number of phenolic OH excluding ortho intramolecular Hbond substituents is 1.